The predicted molar refractivity (Wildman–Crippen MR) is 112 cm³/mol. The van der Waals surface area contributed by atoms with E-state index in [4.69, 9.17) is 4.42 Å². The molecule has 4 nitrogen and oxygen atoms in total. The van der Waals surface area contributed by atoms with E-state index in [0.29, 0.717) is 17.9 Å². The van der Waals surface area contributed by atoms with Gasteiger partial charge >= 0.3 is 0 Å². The van der Waals surface area contributed by atoms with Gasteiger partial charge in [-0.05, 0) is 60.9 Å². The van der Waals surface area contributed by atoms with Gasteiger partial charge in [-0.2, -0.15) is 0 Å². The van der Waals surface area contributed by atoms with Crippen LogP contribution < -0.4 is 5.32 Å². The quantitative estimate of drug-likeness (QED) is 0.502. The summed E-state index contributed by atoms with van der Waals surface area (Å²) in [5.74, 6) is 0.585. The summed E-state index contributed by atoms with van der Waals surface area (Å²) < 4.78 is 5.85. The first-order valence-corrected chi connectivity index (χ1v) is 9.46. The van der Waals surface area contributed by atoms with Crippen molar-refractivity contribution in [2.24, 2.45) is 0 Å². The summed E-state index contributed by atoms with van der Waals surface area (Å²) in [4.78, 5) is 17.0. The van der Waals surface area contributed by atoms with Crippen molar-refractivity contribution >= 4 is 22.7 Å². The number of nitrogens with one attached hydrogen (secondary N) is 1. The first-order chi connectivity index (χ1) is 13.6. The monoisotopic (exact) mass is 370 g/mol. The third kappa shape index (κ3) is 3.96. The highest BCUT2D eigenvalue weighted by Gasteiger charge is 2.09. The molecular formula is C24H22N2O2. The van der Waals surface area contributed by atoms with Crippen LogP contribution in [0.5, 0.6) is 0 Å². The van der Waals surface area contributed by atoms with Crippen molar-refractivity contribution in [3.05, 3.63) is 94.9 Å². The van der Waals surface area contributed by atoms with Crippen LogP contribution in [0.1, 0.15) is 39.9 Å². The number of benzene rings is 3. The highest BCUT2D eigenvalue weighted by Crippen LogP contribution is 2.20. The van der Waals surface area contributed by atoms with E-state index >= 15 is 0 Å². The molecule has 0 bridgehead atoms. The number of hydrogen-bond acceptors (Lipinski definition) is 3. The Morgan fingerprint density at radius 3 is 2.54 bits per heavy atom. The van der Waals surface area contributed by atoms with E-state index in [2.05, 4.69) is 29.4 Å². The van der Waals surface area contributed by atoms with Crippen LogP contribution in [0.2, 0.25) is 0 Å². The number of nitrogens with zero attached hydrogens (tertiary/aromatic N) is 1. The fourth-order valence-corrected chi connectivity index (χ4v) is 3.19. The zero-order valence-corrected chi connectivity index (χ0v) is 16.0. The molecule has 0 radical (unpaired) electrons. The first kappa shape index (κ1) is 18.0. The van der Waals surface area contributed by atoms with Crippen LogP contribution in [-0.2, 0) is 12.8 Å². The Kier molecular flexibility index (Phi) is 4.94. The lowest BCUT2D eigenvalue weighted by Gasteiger charge is -2.07. The molecule has 0 atom stereocenters. The number of hydrogen-bond donors (Lipinski definition) is 1. The van der Waals surface area contributed by atoms with Crippen molar-refractivity contribution in [1.29, 1.82) is 0 Å². The molecule has 0 saturated heterocycles. The minimum absolute atomic E-state index is 0.109. The number of aryl methyl sites for hydroxylation is 2. The van der Waals surface area contributed by atoms with E-state index in [1.165, 1.54) is 5.56 Å². The van der Waals surface area contributed by atoms with E-state index in [9.17, 15) is 4.79 Å². The molecule has 0 aliphatic carbocycles. The van der Waals surface area contributed by atoms with Gasteiger partial charge in [0.25, 0.3) is 5.91 Å². The summed E-state index contributed by atoms with van der Waals surface area (Å²) >= 11 is 0. The van der Waals surface area contributed by atoms with E-state index in [0.717, 1.165) is 34.3 Å². The zero-order valence-electron chi connectivity index (χ0n) is 16.0. The van der Waals surface area contributed by atoms with E-state index in [1.54, 1.807) is 0 Å². The number of anilines is 1. The molecule has 4 rings (SSSR count). The highest BCUT2D eigenvalue weighted by atomic mass is 16.3. The normalized spacial score (nSPS) is 10.9. The number of rotatable bonds is 5. The largest absolute Gasteiger partial charge is 0.440 e. The molecule has 0 saturated carbocycles. The maximum absolute atomic E-state index is 12.4. The molecular weight excluding hydrogens is 348 g/mol. The second-order valence-electron chi connectivity index (χ2n) is 6.96. The third-order valence-electron chi connectivity index (χ3n) is 4.75. The fraction of sp³-hybridized carbons (Fsp3) is 0.167. The molecule has 0 unspecified atom stereocenters. The van der Waals surface area contributed by atoms with Crippen molar-refractivity contribution in [2.45, 2.75) is 26.7 Å². The molecule has 0 spiro atoms. The summed E-state index contributed by atoms with van der Waals surface area (Å²) in [7, 11) is 0. The Bertz CT molecular complexity index is 1130. The van der Waals surface area contributed by atoms with Crippen molar-refractivity contribution in [2.75, 3.05) is 5.32 Å². The minimum atomic E-state index is -0.109. The van der Waals surface area contributed by atoms with Gasteiger partial charge in [0.2, 0.25) is 0 Å². The smallest absolute Gasteiger partial charge is 0.255 e. The molecule has 1 aromatic heterocycles. The molecule has 0 fully saturated rings. The summed E-state index contributed by atoms with van der Waals surface area (Å²) in [6.45, 7) is 4.10. The maximum atomic E-state index is 12.4. The molecule has 140 valence electrons. The van der Waals surface area contributed by atoms with Crippen molar-refractivity contribution in [1.82, 2.24) is 4.98 Å². The Labute approximate surface area is 164 Å². The van der Waals surface area contributed by atoms with Crippen LogP contribution in [-0.4, -0.2) is 10.9 Å². The molecule has 1 amide bonds. The van der Waals surface area contributed by atoms with Gasteiger partial charge < -0.3 is 9.73 Å². The summed E-state index contributed by atoms with van der Waals surface area (Å²) in [5, 5.41) is 2.93. The Morgan fingerprint density at radius 2 is 1.79 bits per heavy atom. The van der Waals surface area contributed by atoms with Gasteiger partial charge in [0.15, 0.2) is 11.5 Å². The lowest BCUT2D eigenvalue weighted by molar-refractivity contribution is 0.102. The number of fused-ring (bicyclic) bond motifs is 1. The van der Waals surface area contributed by atoms with Crippen molar-refractivity contribution < 1.29 is 9.21 Å². The van der Waals surface area contributed by atoms with Crippen LogP contribution in [0.25, 0.3) is 11.1 Å². The lowest BCUT2D eigenvalue weighted by Crippen LogP contribution is -2.11. The molecule has 28 heavy (non-hydrogen) atoms. The topological polar surface area (TPSA) is 55.1 Å². The third-order valence-corrected chi connectivity index (χ3v) is 4.75. The van der Waals surface area contributed by atoms with Gasteiger partial charge in [-0.1, -0.05) is 42.8 Å². The van der Waals surface area contributed by atoms with E-state index < -0.39 is 0 Å². The first-order valence-electron chi connectivity index (χ1n) is 9.46. The van der Waals surface area contributed by atoms with Crippen LogP contribution in [0.3, 0.4) is 0 Å². The Hall–Kier alpha value is -3.40. The second kappa shape index (κ2) is 7.69. The Balaban J connectivity index is 1.45. The van der Waals surface area contributed by atoms with Gasteiger partial charge in [-0.15, -0.1) is 0 Å². The van der Waals surface area contributed by atoms with E-state index in [-0.39, 0.29) is 5.91 Å². The molecule has 1 N–H and O–H groups in total. The predicted octanol–water partition coefficient (Wildman–Crippen LogP) is 5.54. The number of aromatic nitrogens is 1. The van der Waals surface area contributed by atoms with Crippen LogP contribution in [0, 0.1) is 6.92 Å². The fourth-order valence-electron chi connectivity index (χ4n) is 3.19. The van der Waals surface area contributed by atoms with Crippen LogP contribution in [0.4, 0.5) is 5.69 Å². The van der Waals surface area contributed by atoms with Crippen LogP contribution in [0.15, 0.2) is 71.1 Å². The number of oxazole rings is 1. The molecule has 0 aliphatic rings. The summed E-state index contributed by atoms with van der Waals surface area (Å²) in [6, 6.07) is 21.5. The number of amides is 1. The molecule has 4 aromatic rings. The van der Waals surface area contributed by atoms with E-state index in [1.807, 2.05) is 61.5 Å². The molecule has 4 heteroatoms. The molecule has 0 aliphatic heterocycles. The second-order valence-corrected chi connectivity index (χ2v) is 6.96. The Morgan fingerprint density at radius 1 is 1.00 bits per heavy atom. The standard InChI is InChI=1S/C24H22N2O2/c1-3-17-9-12-22-21(14-17)26-23(28-22)15-18-7-10-20(11-8-18)25-24(27)19-6-4-5-16(2)13-19/h4-14H,3,15H2,1-2H3,(H,25,27). The minimum Gasteiger partial charge on any atom is -0.440 e. The highest BCUT2D eigenvalue weighted by molar-refractivity contribution is 6.04. The van der Waals surface area contributed by atoms with Gasteiger partial charge in [0, 0.05) is 17.7 Å². The molecule has 3 aromatic carbocycles. The molecule has 1 heterocycles. The van der Waals surface area contributed by atoms with Crippen molar-refractivity contribution in [3.63, 3.8) is 0 Å². The van der Waals surface area contributed by atoms with Gasteiger partial charge in [-0.3, -0.25) is 4.79 Å². The van der Waals surface area contributed by atoms with Gasteiger partial charge in [0.1, 0.15) is 5.52 Å². The summed E-state index contributed by atoms with van der Waals surface area (Å²) in [6.07, 6.45) is 1.59. The maximum Gasteiger partial charge on any atom is 0.255 e. The number of carbonyl (C=O) groups excluding carboxylic acids is 1. The SMILES string of the molecule is CCc1ccc2oc(Cc3ccc(NC(=O)c4cccc(C)c4)cc3)nc2c1. The summed E-state index contributed by atoms with van der Waals surface area (Å²) in [5.41, 5.74) is 6.53. The average Bonchev–Trinajstić information content (AvgIpc) is 3.10. The average molecular weight is 370 g/mol. The lowest BCUT2D eigenvalue weighted by atomic mass is 10.1. The van der Waals surface area contributed by atoms with Gasteiger partial charge in [0.05, 0.1) is 0 Å². The van der Waals surface area contributed by atoms with Crippen LogP contribution >= 0.6 is 0 Å². The zero-order chi connectivity index (χ0) is 19.5. The van der Waals surface area contributed by atoms with Gasteiger partial charge in [-0.25, -0.2) is 4.98 Å². The van der Waals surface area contributed by atoms with Crippen molar-refractivity contribution in [3.8, 4) is 0 Å². The number of carbonyl (C=O) groups is 1.